The van der Waals surface area contributed by atoms with Crippen molar-refractivity contribution in [2.75, 3.05) is 18.1 Å². The van der Waals surface area contributed by atoms with Crippen molar-refractivity contribution in [1.82, 2.24) is 9.71 Å². The van der Waals surface area contributed by atoms with Gasteiger partial charge in [-0.3, -0.25) is 0 Å². The summed E-state index contributed by atoms with van der Waals surface area (Å²) in [6.07, 6.45) is 1.15. The normalized spacial score (nSPS) is 12.8. The summed E-state index contributed by atoms with van der Waals surface area (Å²) in [5.74, 6) is 0. The van der Waals surface area contributed by atoms with Crippen LogP contribution in [0.4, 0.5) is 5.13 Å². The van der Waals surface area contributed by atoms with Gasteiger partial charge in [-0.1, -0.05) is 29.0 Å². The van der Waals surface area contributed by atoms with Gasteiger partial charge in [-0.2, -0.15) is 0 Å². The number of nitrogens with one attached hydrogen (secondary N) is 2. The van der Waals surface area contributed by atoms with Crippen LogP contribution < -0.4 is 10.0 Å². The minimum Gasteiger partial charge on any atom is -0.360 e. The van der Waals surface area contributed by atoms with Crippen molar-refractivity contribution >= 4 is 48.3 Å². The van der Waals surface area contributed by atoms with E-state index in [1.165, 1.54) is 11.3 Å². The number of sulfonamides is 1. The molecule has 0 saturated heterocycles. The quantitative estimate of drug-likeness (QED) is 0.882. The summed E-state index contributed by atoms with van der Waals surface area (Å²) >= 11 is 7.55. The van der Waals surface area contributed by atoms with Gasteiger partial charge in [0.05, 0.1) is 21.5 Å². The van der Waals surface area contributed by atoms with E-state index in [0.717, 1.165) is 21.6 Å². The maximum absolute atomic E-state index is 11.3. The largest absolute Gasteiger partial charge is 0.360 e. The number of thiazole rings is 1. The molecule has 20 heavy (non-hydrogen) atoms. The molecular weight excluding hydrogens is 318 g/mol. The molecule has 0 aliphatic carbocycles. The van der Waals surface area contributed by atoms with E-state index in [4.69, 9.17) is 11.6 Å². The van der Waals surface area contributed by atoms with Crippen LogP contribution in [0.1, 0.15) is 13.8 Å². The average molecular weight is 334 g/mol. The third kappa shape index (κ3) is 4.05. The van der Waals surface area contributed by atoms with Crippen molar-refractivity contribution in [3.8, 4) is 0 Å². The van der Waals surface area contributed by atoms with E-state index in [1.807, 2.05) is 18.2 Å². The Balaban J connectivity index is 2.11. The van der Waals surface area contributed by atoms with Crippen molar-refractivity contribution in [2.45, 2.75) is 19.4 Å². The number of fused-ring (bicyclic) bond motifs is 1. The van der Waals surface area contributed by atoms with Gasteiger partial charge in [-0.15, -0.1) is 0 Å². The van der Waals surface area contributed by atoms with Crippen LogP contribution in [0.25, 0.3) is 10.2 Å². The molecule has 0 amide bonds. The van der Waals surface area contributed by atoms with Gasteiger partial charge in [0.2, 0.25) is 10.0 Å². The van der Waals surface area contributed by atoms with Crippen LogP contribution >= 0.6 is 22.9 Å². The third-order valence-electron chi connectivity index (χ3n) is 2.51. The lowest BCUT2D eigenvalue weighted by Gasteiger charge is -2.25. The average Bonchev–Trinajstić information content (AvgIpc) is 2.68. The molecule has 0 spiro atoms. The Morgan fingerprint density at radius 2 is 2.10 bits per heavy atom. The maximum atomic E-state index is 11.3. The van der Waals surface area contributed by atoms with Crippen LogP contribution in [0.5, 0.6) is 0 Å². The molecule has 2 aromatic rings. The first-order chi connectivity index (χ1) is 9.16. The van der Waals surface area contributed by atoms with Crippen molar-refractivity contribution in [1.29, 1.82) is 0 Å². The van der Waals surface area contributed by atoms with E-state index >= 15 is 0 Å². The number of aromatic nitrogens is 1. The Kier molecular flexibility index (Phi) is 4.24. The minimum absolute atomic E-state index is 0.428. The number of rotatable bonds is 5. The second kappa shape index (κ2) is 5.48. The first kappa shape index (κ1) is 15.5. The fraction of sp³-hybridized carbons (Fsp3) is 0.417. The molecule has 0 aliphatic rings. The van der Waals surface area contributed by atoms with Crippen molar-refractivity contribution in [3.05, 3.63) is 23.2 Å². The van der Waals surface area contributed by atoms with Crippen molar-refractivity contribution < 1.29 is 8.42 Å². The van der Waals surface area contributed by atoms with Gasteiger partial charge in [-0.05, 0) is 26.0 Å². The van der Waals surface area contributed by atoms with Crippen LogP contribution in [0.2, 0.25) is 5.02 Å². The van der Waals surface area contributed by atoms with Gasteiger partial charge < -0.3 is 5.32 Å². The first-order valence-corrected chi connectivity index (χ1v) is 9.03. The van der Waals surface area contributed by atoms with Gasteiger partial charge in [0.25, 0.3) is 0 Å². The predicted molar refractivity (Wildman–Crippen MR) is 85.2 cm³/mol. The fourth-order valence-corrected chi connectivity index (χ4v) is 4.05. The standard InChI is InChI=1S/C12H16ClN3O2S2/c1-12(2,16-20(3,17)18)7-14-11-15-9-6-4-5-8(13)10(9)19-11/h4-6,16H,7H2,1-3H3,(H,14,15). The maximum Gasteiger partial charge on any atom is 0.209 e. The molecule has 2 rings (SSSR count). The fourth-order valence-electron chi connectivity index (χ4n) is 1.83. The van der Waals surface area contributed by atoms with Crippen molar-refractivity contribution in [3.63, 3.8) is 0 Å². The molecule has 2 N–H and O–H groups in total. The number of benzene rings is 1. The summed E-state index contributed by atoms with van der Waals surface area (Å²) in [4.78, 5) is 4.42. The lowest BCUT2D eigenvalue weighted by Crippen LogP contribution is -2.47. The number of hydrogen-bond donors (Lipinski definition) is 2. The molecule has 0 aliphatic heterocycles. The van der Waals surface area contributed by atoms with Crippen LogP contribution in [-0.4, -0.2) is 31.7 Å². The molecule has 0 saturated carbocycles. The molecule has 0 unspecified atom stereocenters. The second-order valence-corrected chi connectivity index (χ2v) is 8.37. The Hall–Kier alpha value is -0.890. The Labute approximate surface area is 127 Å². The van der Waals surface area contributed by atoms with Gasteiger partial charge in [-0.25, -0.2) is 18.1 Å². The van der Waals surface area contributed by atoms with Gasteiger partial charge in [0, 0.05) is 12.1 Å². The summed E-state index contributed by atoms with van der Waals surface area (Å²) in [6.45, 7) is 4.04. The predicted octanol–water partition coefficient (Wildman–Crippen LogP) is 2.69. The van der Waals surface area contributed by atoms with E-state index in [-0.39, 0.29) is 0 Å². The van der Waals surface area contributed by atoms with Crippen LogP contribution in [0.15, 0.2) is 18.2 Å². The molecule has 1 heterocycles. The topological polar surface area (TPSA) is 71.1 Å². The molecule has 0 radical (unpaired) electrons. The van der Waals surface area contributed by atoms with E-state index in [1.54, 1.807) is 13.8 Å². The molecular formula is C12H16ClN3O2S2. The van der Waals surface area contributed by atoms with Crippen LogP contribution in [0, 0.1) is 0 Å². The molecule has 0 fully saturated rings. The molecule has 110 valence electrons. The molecule has 0 bridgehead atoms. The summed E-state index contributed by atoms with van der Waals surface area (Å²) in [5.41, 5.74) is 0.230. The Morgan fingerprint density at radius 3 is 2.70 bits per heavy atom. The molecule has 5 nitrogen and oxygen atoms in total. The Bertz CT molecular complexity index is 725. The second-order valence-electron chi connectivity index (χ2n) is 5.22. The number of nitrogens with zero attached hydrogens (tertiary/aromatic N) is 1. The first-order valence-electron chi connectivity index (χ1n) is 5.94. The lowest BCUT2D eigenvalue weighted by atomic mass is 10.1. The zero-order chi connectivity index (χ0) is 15.0. The zero-order valence-corrected chi connectivity index (χ0v) is 13.8. The van der Waals surface area contributed by atoms with Crippen LogP contribution in [0.3, 0.4) is 0 Å². The highest BCUT2D eigenvalue weighted by Crippen LogP contribution is 2.31. The highest BCUT2D eigenvalue weighted by atomic mass is 35.5. The van der Waals surface area contributed by atoms with Gasteiger partial charge >= 0.3 is 0 Å². The van der Waals surface area contributed by atoms with E-state index in [2.05, 4.69) is 15.0 Å². The summed E-state index contributed by atoms with van der Waals surface area (Å²) < 4.78 is 26.0. The number of hydrogen-bond acceptors (Lipinski definition) is 5. The van der Waals surface area contributed by atoms with Crippen LogP contribution in [-0.2, 0) is 10.0 Å². The number of anilines is 1. The summed E-state index contributed by atoms with van der Waals surface area (Å²) in [7, 11) is -3.25. The molecule has 1 aromatic heterocycles. The van der Waals surface area contributed by atoms with Gasteiger partial charge in [0.1, 0.15) is 0 Å². The van der Waals surface area contributed by atoms with E-state index in [9.17, 15) is 8.42 Å². The molecule has 8 heteroatoms. The smallest absolute Gasteiger partial charge is 0.209 e. The van der Waals surface area contributed by atoms with Gasteiger partial charge in [0.15, 0.2) is 5.13 Å². The SMILES string of the molecule is CC(C)(CNc1nc2cccc(Cl)c2s1)NS(C)(=O)=O. The summed E-state index contributed by atoms with van der Waals surface area (Å²) in [5, 5.41) is 4.53. The minimum atomic E-state index is -3.25. The lowest BCUT2D eigenvalue weighted by molar-refractivity contribution is 0.476. The highest BCUT2D eigenvalue weighted by Gasteiger charge is 2.22. The highest BCUT2D eigenvalue weighted by molar-refractivity contribution is 7.88. The summed E-state index contributed by atoms with van der Waals surface area (Å²) in [6, 6.07) is 5.56. The monoisotopic (exact) mass is 333 g/mol. The molecule has 1 aromatic carbocycles. The van der Waals surface area contributed by atoms with E-state index < -0.39 is 15.6 Å². The third-order valence-corrected chi connectivity index (χ3v) is 4.92. The Morgan fingerprint density at radius 1 is 1.40 bits per heavy atom. The van der Waals surface area contributed by atoms with Crippen molar-refractivity contribution in [2.24, 2.45) is 0 Å². The molecule has 0 atom stereocenters. The van der Waals surface area contributed by atoms with E-state index in [0.29, 0.717) is 11.6 Å². The number of halogens is 1. The zero-order valence-electron chi connectivity index (χ0n) is 11.4.